The Morgan fingerprint density at radius 3 is 2.73 bits per heavy atom. The van der Waals surface area contributed by atoms with Crippen molar-refractivity contribution in [3.05, 3.63) is 53.9 Å². The fourth-order valence-corrected chi connectivity index (χ4v) is 6.05. The molecule has 0 aliphatic carbocycles. The van der Waals surface area contributed by atoms with Crippen LogP contribution < -0.4 is 10.6 Å². The number of nitrogens with zero attached hydrogens (tertiary/aromatic N) is 6. The van der Waals surface area contributed by atoms with Gasteiger partial charge in [-0.2, -0.15) is 10.2 Å². The number of likely N-dealkylation sites (tertiary alicyclic amines) is 1. The third-order valence-electron chi connectivity index (χ3n) is 7.60. The minimum atomic E-state index is -0.782. The minimum absolute atomic E-state index is 0.156. The Kier molecular flexibility index (Phi) is 8.50. The van der Waals surface area contributed by atoms with Gasteiger partial charge in [0.25, 0.3) is 11.8 Å². The van der Waals surface area contributed by atoms with Crippen molar-refractivity contribution in [1.82, 2.24) is 34.6 Å². The average molecular weight is 581 g/mol. The zero-order valence-electron chi connectivity index (χ0n) is 23.5. The molecule has 0 bridgehead atoms. The van der Waals surface area contributed by atoms with E-state index in [4.69, 9.17) is 5.11 Å². The van der Waals surface area contributed by atoms with E-state index in [2.05, 4.69) is 44.6 Å². The van der Waals surface area contributed by atoms with Gasteiger partial charge in [-0.3, -0.25) is 24.2 Å². The summed E-state index contributed by atoms with van der Waals surface area (Å²) in [5, 5.41) is 33.1. The number of anilines is 1. The number of thiazole rings is 1. The molecule has 1 atom stereocenters. The number of rotatable bonds is 11. The van der Waals surface area contributed by atoms with Crippen LogP contribution in [0, 0.1) is 6.92 Å². The second kappa shape index (κ2) is 12.1. The van der Waals surface area contributed by atoms with Crippen LogP contribution in [0.5, 0.6) is 0 Å². The van der Waals surface area contributed by atoms with Gasteiger partial charge in [-0.1, -0.05) is 0 Å². The molecular weight excluding hydrogens is 544 g/mol. The first kappa shape index (κ1) is 28.9. The Labute approximate surface area is 242 Å². The van der Waals surface area contributed by atoms with E-state index in [0.29, 0.717) is 46.8 Å². The quantitative estimate of drug-likeness (QED) is 0.211. The lowest BCUT2D eigenvalue weighted by Gasteiger charge is -2.31. The maximum atomic E-state index is 13.3. The monoisotopic (exact) mass is 580 g/mol. The van der Waals surface area contributed by atoms with Crippen LogP contribution in [0.4, 0.5) is 5.69 Å². The van der Waals surface area contributed by atoms with Gasteiger partial charge in [0.05, 0.1) is 52.5 Å². The number of carbonyl (C=O) groups is 2. The van der Waals surface area contributed by atoms with E-state index >= 15 is 0 Å². The van der Waals surface area contributed by atoms with Gasteiger partial charge in [0.2, 0.25) is 0 Å². The SMILES string of the molecule is Cc1ncc(C(=O)NCCN2CCCC2(C)C)cc1NC(=O)c1cnn2cc(-c3cnn(CCC(O)CO)c3)sc12. The van der Waals surface area contributed by atoms with Crippen LogP contribution in [-0.2, 0) is 6.54 Å². The molecular formula is C28H36N8O4S. The third kappa shape index (κ3) is 6.48. The number of aliphatic hydroxyl groups excluding tert-OH is 2. The van der Waals surface area contributed by atoms with Gasteiger partial charge in [-0.25, -0.2) is 4.52 Å². The summed E-state index contributed by atoms with van der Waals surface area (Å²) in [6.07, 6.45) is 10.4. The fraction of sp³-hybridized carbons (Fsp3) is 0.464. The van der Waals surface area contributed by atoms with Gasteiger partial charge < -0.3 is 20.8 Å². The van der Waals surface area contributed by atoms with Crippen LogP contribution in [0.2, 0.25) is 0 Å². The first-order valence-corrected chi connectivity index (χ1v) is 14.6. The van der Waals surface area contributed by atoms with Crippen molar-refractivity contribution in [3.63, 3.8) is 0 Å². The Hall–Kier alpha value is -3.65. The van der Waals surface area contributed by atoms with Crippen molar-refractivity contribution in [2.45, 2.75) is 58.2 Å². The van der Waals surface area contributed by atoms with Crippen LogP contribution in [0.1, 0.15) is 59.5 Å². The molecule has 1 saturated heterocycles. The number of aliphatic hydroxyl groups is 2. The van der Waals surface area contributed by atoms with E-state index in [0.717, 1.165) is 30.0 Å². The molecule has 4 N–H and O–H groups in total. The third-order valence-corrected chi connectivity index (χ3v) is 8.76. The van der Waals surface area contributed by atoms with Crippen LogP contribution >= 0.6 is 11.3 Å². The lowest BCUT2D eigenvalue weighted by atomic mass is 10.0. The molecule has 41 heavy (non-hydrogen) atoms. The van der Waals surface area contributed by atoms with E-state index in [1.807, 2.05) is 12.4 Å². The Balaban J connectivity index is 1.24. The summed E-state index contributed by atoms with van der Waals surface area (Å²) in [7, 11) is 0. The minimum Gasteiger partial charge on any atom is -0.394 e. The zero-order valence-corrected chi connectivity index (χ0v) is 24.3. The molecule has 1 fully saturated rings. The molecule has 0 saturated carbocycles. The summed E-state index contributed by atoms with van der Waals surface area (Å²) in [4.78, 5) is 34.4. The Morgan fingerprint density at radius 2 is 1.98 bits per heavy atom. The lowest BCUT2D eigenvalue weighted by Crippen LogP contribution is -2.43. The van der Waals surface area contributed by atoms with Crippen molar-refractivity contribution in [3.8, 4) is 10.4 Å². The molecule has 2 amide bonds. The smallest absolute Gasteiger partial charge is 0.260 e. The second-order valence-electron chi connectivity index (χ2n) is 11.0. The fourth-order valence-electron chi connectivity index (χ4n) is 5.02. The van der Waals surface area contributed by atoms with E-state index in [-0.39, 0.29) is 24.0 Å². The molecule has 0 aromatic carbocycles. The molecule has 1 unspecified atom stereocenters. The molecule has 1 aliphatic rings. The maximum Gasteiger partial charge on any atom is 0.260 e. The number of pyridine rings is 1. The number of aryl methyl sites for hydroxylation is 2. The van der Waals surface area contributed by atoms with Crippen molar-refractivity contribution in [2.75, 3.05) is 31.6 Å². The summed E-state index contributed by atoms with van der Waals surface area (Å²) in [6, 6.07) is 1.65. The highest BCUT2D eigenvalue weighted by molar-refractivity contribution is 7.21. The highest BCUT2D eigenvalue weighted by Crippen LogP contribution is 2.31. The topological polar surface area (TPSA) is 150 Å². The van der Waals surface area contributed by atoms with E-state index in [9.17, 15) is 14.7 Å². The molecule has 13 heteroatoms. The highest BCUT2D eigenvalue weighted by atomic mass is 32.1. The molecule has 12 nitrogen and oxygen atoms in total. The molecule has 0 radical (unpaired) electrons. The first-order valence-electron chi connectivity index (χ1n) is 13.7. The number of amides is 2. The molecule has 0 spiro atoms. The van der Waals surface area contributed by atoms with Crippen molar-refractivity contribution in [2.24, 2.45) is 0 Å². The first-order chi connectivity index (χ1) is 19.6. The predicted molar refractivity (Wildman–Crippen MR) is 156 cm³/mol. The van der Waals surface area contributed by atoms with Crippen molar-refractivity contribution < 1.29 is 19.8 Å². The van der Waals surface area contributed by atoms with Gasteiger partial charge in [0.1, 0.15) is 4.83 Å². The lowest BCUT2D eigenvalue weighted by molar-refractivity contribution is 0.0838. The number of carbonyl (C=O) groups excluding carboxylic acids is 2. The second-order valence-corrected chi connectivity index (χ2v) is 12.0. The number of fused-ring (bicyclic) bond motifs is 1. The van der Waals surface area contributed by atoms with E-state index < -0.39 is 6.10 Å². The number of nitrogens with one attached hydrogen (secondary N) is 2. The number of hydrogen-bond acceptors (Lipinski definition) is 9. The van der Waals surface area contributed by atoms with Crippen LogP contribution in [-0.4, -0.2) is 89.2 Å². The van der Waals surface area contributed by atoms with E-state index in [1.165, 1.54) is 30.2 Å². The maximum absolute atomic E-state index is 13.3. The van der Waals surface area contributed by atoms with Crippen LogP contribution in [0.25, 0.3) is 15.3 Å². The largest absolute Gasteiger partial charge is 0.394 e. The van der Waals surface area contributed by atoms with E-state index in [1.54, 1.807) is 28.4 Å². The Bertz CT molecular complexity index is 1540. The normalized spacial score (nSPS) is 15.8. The Morgan fingerprint density at radius 1 is 1.15 bits per heavy atom. The summed E-state index contributed by atoms with van der Waals surface area (Å²) in [6.45, 7) is 8.79. The van der Waals surface area contributed by atoms with Crippen molar-refractivity contribution >= 4 is 33.7 Å². The number of hydrogen-bond donors (Lipinski definition) is 4. The zero-order chi connectivity index (χ0) is 29.1. The van der Waals surface area contributed by atoms with Gasteiger partial charge in [0, 0.05) is 49.3 Å². The molecule has 1 aliphatic heterocycles. The standard InChI is InChI=1S/C28H36N8O4S/c1-18-23(11-19(12-30-18)25(39)29-7-10-34-8-4-6-28(34,2)3)33-26(40)22-14-32-36-16-24(41-27(22)36)20-13-31-35(15-20)9-5-21(38)17-37/h11-16,21,37-38H,4-10,17H2,1-3H3,(H,29,39)(H,33,40). The van der Waals surface area contributed by atoms with Crippen LogP contribution in [0.3, 0.4) is 0 Å². The molecule has 218 valence electrons. The molecule has 5 rings (SSSR count). The molecule has 4 aromatic heterocycles. The summed E-state index contributed by atoms with van der Waals surface area (Å²) >= 11 is 1.41. The average Bonchev–Trinajstić information content (AvgIpc) is 3.72. The van der Waals surface area contributed by atoms with Gasteiger partial charge >= 0.3 is 0 Å². The molecule has 5 heterocycles. The number of aromatic nitrogens is 5. The summed E-state index contributed by atoms with van der Waals surface area (Å²) in [5.41, 5.74) is 2.87. The predicted octanol–water partition coefficient (Wildman–Crippen LogP) is 2.56. The van der Waals surface area contributed by atoms with Gasteiger partial charge in [-0.05, 0) is 52.6 Å². The van der Waals surface area contributed by atoms with Gasteiger partial charge in [0.15, 0.2) is 0 Å². The highest BCUT2D eigenvalue weighted by Gasteiger charge is 2.31. The van der Waals surface area contributed by atoms with Gasteiger partial charge in [-0.15, -0.1) is 11.3 Å². The summed E-state index contributed by atoms with van der Waals surface area (Å²) < 4.78 is 3.36. The molecule has 4 aromatic rings. The summed E-state index contributed by atoms with van der Waals surface area (Å²) in [5.74, 6) is -0.576. The van der Waals surface area contributed by atoms with Crippen molar-refractivity contribution in [1.29, 1.82) is 0 Å². The van der Waals surface area contributed by atoms with Crippen LogP contribution in [0.15, 0.2) is 37.1 Å².